The minimum absolute atomic E-state index is 0.00320. The molecule has 2 amide bonds. The van der Waals surface area contributed by atoms with Crippen LogP contribution in [-0.2, 0) is 4.79 Å². The Morgan fingerprint density at radius 2 is 1.56 bits per heavy atom. The smallest absolute Gasteiger partial charge is 0.251 e. The van der Waals surface area contributed by atoms with E-state index >= 15 is 0 Å². The summed E-state index contributed by atoms with van der Waals surface area (Å²) in [6, 6.07) is 13.5. The van der Waals surface area contributed by atoms with Gasteiger partial charge in [-0.1, -0.05) is 32.9 Å². The zero-order chi connectivity index (χ0) is 32.6. The third-order valence-electron chi connectivity index (χ3n) is 6.35. The summed E-state index contributed by atoms with van der Waals surface area (Å²) in [7, 11) is 4.49. The molecule has 0 unspecified atom stereocenters. The molecule has 1 heterocycles. The summed E-state index contributed by atoms with van der Waals surface area (Å²) in [6.45, 7) is 10.4. The van der Waals surface area contributed by atoms with Crippen LogP contribution in [0.5, 0.6) is 0 Å². The number of likely N-dealkylation sites (N-methyl/N-ethyl adjacent to an activating group) is 1. The van der Waals surface area contributed by atoms with Crippen molar-refractivity contribution in [3.05, 3.63) is 77.9 Å². The molecule has 1 aliphatic carbocycles. The molecule has 0 bridgehead atoms. The summed E-state index contributed by atoms with van der Waals surface area (Å²) in [6.07, 6.45) is 6.63. The number of hydrazine groups is 1. The zero-order valence-corrected chi connectivity index (χ0v) is 26.8. The molecule has 9 nitrogen and oxygen atoms in total. The number of halogens is 2. The van der Waals surface area contributed by atoms with Gasteiger partial charge in [0, 0.05) is 44.1 Å². The van der Waals surface area contributed by atoms with E-state index < -0.39 is 0 Å². The molecule has 4 rings (SSSR count). The van der Waals surface area contributed by atoms with Gasteiger partial charge in [-0.05, 0) is 87.8 Å². The number of rotatable bonds is 8. The zero-order valence-electron chi connectivity index (χ0n) is 26.8. The highest BCUT2D eigenvalue weighted by atomic mass is 19.1. The summed E-state index contributed by atoms with van der Waals surface area (Å²) < 4.78 is 21.9. The van der Waals surface area contributed by atoms with Crippen LogP contribution in [-0.4, -0.2) is 82.2 Å². The summed E-state index contributed by atoms with van der Waals surface area (Å²) in [5, 5.41) is 7.02. The number of benzene rings is 2. The van der Waals surface area contributed by atoms with E-state index in [0.717, 1.165) is 25.6 Å². The average molecular weight is 606 g/mol. The van der Waals surface area contributed by atoms with Gasteiger partial charge in [-0.25, -0.2) is 10.2 Å². The highest BCUT2D eigenvalue weighted by Gasteiger charge is 2.23. The maximum absolute atomic E-state index is 12.4. The van der Waals surface area contributed by atoms with Gasteiger partial charge in [-0.15, -0.1) is 0 Å². The monoisotopic (exact) mass is 605 g/mol. The number of nitrogens with one attached hydrogen (secondary N) is 2. The summed E-state index contributed by atoms with van der Waals surface area (Å²) in [5.74, 6) is 5.99. The number of hydrogen-bond donors (Lipinski definition) is 4. The lowest BCUT2D eigenvalue weighted by Gasteiger charge is -2.32. The Balaban J connectivity index is 0.000000757. The van der Waals surface area contributed by atoms with Crippen molar-refractivity contribution in [2.75, 3.05) is 65.6 Å². The molecule has 0 atom stereocenters. The Labute approximate surface area is 257 Å². The molecule has 11 heteroatoms. The SMILES string of the molecule is CC.CCCNC.CF.CN1CCN(C(=O)CNC(=O)c2ccc(N(N)/C=C\N)cc2)CC1.Fc1ccc(C2CC2)cc1. The second-order valence-corrected chi connectivity index (χ2v) is 9.59. The van der Waals surface area contributed by atoms with Crippen molar-refractivity contribution < 1.29 is 18.4 Å². The van der Waals surface area contributed by atoms with E-state index in [9.17, 15) is 18.4 Å². The molecule has 2 aliphatic rings. The van der Waals surface area contributed by atoms with Crippen molar-refractivity contribution >= 4 is 17.5 Å². The van der Waals surface area contributed by atoms with Gasteiger partial charge in [0.25, 0.3) is 5.91 Å². The molecule has 2 fully saturated rings. The minimum Gasteiger partial charge on any atom is -0.403 e. The highest BCUT2D eigenvalue weighted by Crippen LogP contribution is 2.39. The third-order valence-corrected chi connectivity index (χ3v) is 6.35. The van der Waals surface area contributed by atoms with Gasteiger partial charge in [0.05, 0.1) is 19.4 Å². The minimum atomic E-state index is -0.290. The number of amides is 2. The van der Waals surface area contributed by atoms with Crippen LogP contribution in [0.1, 0.15) is 61.9 Å². The van der Waals surface area contributed by atoms with Crippen molar-refractivity contribution in [2.45, 2.75) is 46.0 Å². The van der Waals surface area contributed by atoms with Gasteiger partial charge in [-0.3, -0.25) is 19.0 Å². The van der Waals surface area contributed by atoms with Crippen LogP contribution in [0.2, 0.25) is 0 Å². The first-order valence-corrected chi connectivity index (χ1v) is 14.8. The highest BCUT2D eigenvalue weighted by molar-refractivity contribution is 5.96. The van der Waals surface area contributed by atoms with Crippen LogP contribution in [0.3, 0.4) is 0 Å². The first-order valence-electron chi connectivity index (χ1n) is 14.8. The molecule has 2 aromatic rings. The lowest BCUT2D eigenvalue weighted by atomic mass is 10.1. The Hall–Kier alpha value is -3.54. The molecule has 2 aromatic carbocycles. The van der Waals surface area contributed by atoms with Crippen LogP contribution in [0.25, 0.3) is 0 Å². The first-order chi connectivity index (χ1) is 20.8. The van der Waals surface area contributed by atoms with Gasteiger partial charge in [-0.2, -0.15) is 0 Å². The Bertz CT molecular complexity index is 1020. The van der Waals surface area contributed by atoms with Crippen LogP contribution in [0.15, 0.2) is 60.9 Å². The van der Waals surface area contributed by atoms with Crippen LogP contribution in [0, 0.1) is 5.82 Å². The van der Waals surface area contributed by atoms with E-state index in [1.165, 1.54) is 54.4 Å². The lowest BCUT2D eigenvalue weighted by Crippen LogP contribution is -2.50. The maximum Gasteiger partial charge on any atom is 0.251 e. The lowest BCUT2D eigenvalue weighted by molar-refractivity contribution is -0.131. The Morgan fingerprint density at radius 3 is 2.00 bits per heavy atom. The largest absolute Gasteiger partial charge is 0.403 e. The fourth-order valence-electron chi connectivity index (χ4n) is 3.79. The molecule has 43 heavy (non-hydrogen) atoms. The second kappa shape index (κ2) is 24.0. The Morgan fingerprint density at radius 1 is 1.00 bits per heavy atom. The molecule has 0 radical (unpaired) electrons. The molecule has 1 saturated carbocycles. The van der Waals surface area contributed by atoms with E-state index in [2.05, 4.69) is 22.5 Å². The molecule has 6 N–H and O–H groups in total. The normalized spacial score (nSPS) is 13.9. The van der Waals surface area contributed by atoms with Gasteiger partial charge < -0.3 is 26.2 Å². The summed E-state index contributed by atoms with van der Waals surface area (Å²) in [4.78, 5) is 28.2. The van der Waals surface area contributed by atoms with E-state index in [4.69, 9.17) is 11.6 Å². The summed E-state index contributed by atoms with van der Waals surface area (Å²) >= 11 is 0. The first kappa shape index (κ1) is 39.5. The van der Waals surface area contributed by atoms with Gasteiger partial charge in [0.1, 0.15) is 5.82 Å². The van der Waals surface area contributed by atoms with E-state index in [1.807, 2.05) is 40.1 Å². The number of anilines is 1. The third kappa shape index (κ3) is 16.6. The molecule has 0 spiro atoms. The van der Waals surface area contributed by atoms with Crippen molar-refractivity contribution in [3.8, 4) is 0 Å². The van der Waals surface area contributed by atoms with Crippen molar-refractivity contribution in [1.82, 2.24) is 20.4 Å². The number of carbonyl (C=O) groups is 2. The van der Waals surface area contributed by atoms with Gasteiger partial charge in [0.2, 0.25) is 5.91 Å². The number of carbonyl (C=O) groups excluding carboxylic acids is 2. The number of hydrogen-bond acceptors (Lipinski definition) is 7. The van der Waals surface area contributed by atoms with Crippen molar-refractivity contribution in [1.29, 1.82) is 0 Å². The van der Waals surface area contributed by atoms with Crippen LogP contribution >= 0.6 is 0 Å². The Kier molecular flexibility index (Phi) is 22.0. The molecular formula is C32H53F2N7O2. The second-order valence-electron chi connectivity index (χ2n) is 9.59. The van der Waals surface area contributed by atoms with Gasteiger partial charge in [0.15, 0.2) is 0 Å². The topological polar surface area (TPSA) is 120 Å². The van der Waals surface area contributed by atoms with Crippen molar-refractivity contribution in [3.63, 3.8) is 0 Å². The molecule has 0 aromatic heterocycles. The quantitative estimate of drug-likeness (QED) is 0.263. The fraction of sp³-hybridized carbons (Fsp3) is 0.500. The average Bonchev–Trinajstić information content (AvgIpc) is 3.89. The van der Waals surface area contributed by atoms with Gasteiger partial charge >= 0.3 is 0 Å². The predicted molar refractivity (Wildman–Crippen MR) is 174 cm³/mol. The maximum atomic E-state index is 12.4. The number of alkyl halides is 1. The number of nitrogens with zero attached hydrogens (tertiary/aromatic N) is 3. The predicted octanol–water partition coefficient (Wildman–Crippen LogP) is 4.23. The van der Waals surface area contributed by atoms with Crippen molar-refractivity contribution in [2.24, 2.45) is 11.6 Å². The molecule has 1 aliphatic heterocycles. The molecule has 1 saturated heterocycles. The molecule has 242 valence electrons. The standard InChI is InChI=1S/C16H24N6O2.C9H9F.C4H11N.C2H6.CH3F/c1-20-8-10-21(11-9-20)15(23)12-19-16(24)13-2-4-14(5-3-13)22(18)7-6-17;10-9-5-3-8(4-6-9)7-1-2-7;1-3-4-5-2;2*1-2/h2-7H,8-12,17-18H2,1H3,(H,19,24);3-7H,1-2H2;5H,3-4H2,1-2H3;1-2H3;1H3/b7-6-;;;;. The van der Waals surface area contributed by atoms with Crippen LogP contribution in [0.4, 0.5) is 14.5 Å². The van der Waals surface area contributed by atoms with Crippen LogP contribution < -0.4 is 27.2 Å². The van der Waals surface area contributed by atoms with E-state index in [0.29, 0.717) is 31.5 Å². The van der Waals surface area contributed by atoms with E-state index in [-0.39, 0.29) is 24.2 Å². The fourth-order valence-corrected chi connectivity index (χ4v) is 3.79. The number of nitrogens with two attached hydrogens (primary N) is 2. The van der Waals surface area contributed by atoms with E-state index in [1.54, 1.807) is 29.2 Å². The summed E-state index contributed by atoms with van der Waals surface area (Å²) in [5.41, 5.74) is 7.73. The number of piperazine rings is 1. The molecular weight excluding hydrogens is 552 g/mol.